The van der Waals surface area contributed by atoms with E-state index in [1.54, 1.807) is 24.3 Å². The Balaban J connectivity index is 2.09. The largest absolute Gasteiger partial charge is 0.507 e. The van der Waals surface area contributed by atoms with Gasteiger partial charge in [0.1, 0.15) is 11.3 Å². The summed E-state index contributed by atoms with van der Waals surface area (Å²) in [5, 5.41) is 14.6. The number of benzene rings is 2. The molecule has 0 saturated heterocycles. The first-order valence-corrected chi connectivity index (χ1v) is 12.9. The van der Waals surface area contributed by atoms with E-state index in [9.17, 15) is 14.7 Å². The number of pyridine rings is 1. The lowest BCUT2D eigenvalue weighted by Gasteiger charge is -2.38. The number of anilines is 1. The number of phenols is 1. The molecule has 1 aromatic heterocycles. The molecule has 0 spiro atoms. The van der Waals surface area contributed by atoms with Crippen LogP contribution in [-0.4, -0.2) is 33.8 Å². The quantitative estimate of drug-likeness (QED) is 0.493. The molecule has 3 N–H and O–H groups in total. The Morgan fingerprint density at radius 1 is 1.13 bits per heavy atom. The van der Waals surface area contributed by atoms with E-state index in [1.165, 1.54) is 6.20 Å². The van der Waals surface area contributed by atoms with Crippen molar-refractivity contribution in [1.29, 1.82) is 0 Å². The average molecular weight is 441 g/mol. The minimum absolute atomic E-state index is 0.0373. The van der Waals surface area contributed by atoms with Crippen LogP contribution in [-0.2, 0) is 5.41 Å². The third-order valence-corrected chi connectivity index (χ3v) is 9.75. The minimum Gasteiger partial charge on any atom is -0.507 e. The topological polar surface area (TPSA) is 82.2 Å². The van der Waals surface area contributed by atoms with Gasteiger partial charge < -0.3 is 15.4 Å². The van der Waals surface area contributed by atoms with Crippen molar-refractivity contribution in [3.05, 3.63) is 63.9 Å². The number of para-hydroxylation sites is 1. The van der Waals surface area contributed by atoms with Crippen molar-refractivity contribution < 1.29 is 9.90 Å². The molecule has 1 heterocycles. The molecule has 0 aliphatic rings. The highest BCUT2D eigenvalue weighted by molar-refractivity contribution is 8.33. The molecule has 0 aliphatic carbocycles. The summed E-state index contributed by atoms with van der Waals surface area (Å²) in [6.45, 7) is 10.5. The summed E-state index contributed by atoms with van der Waals surface area (Å²) in [4.78, 5) is 29.8. The molecular weight excluding hydrogens is 408 g/mol. The van der Waals surface area contributed by atoms with Gasteiger partial charge >= 0.3 is 0 Å². The lowest BCUT2D eigenvalue weighted by Crippen LogP contribution is -2.24. The molecule has 0 unspecified atom stereocenters. The van der Waals surface area contributed by atoms with Gasteiger partial charge in [0, 0.05) is 33.7 Å². The number of carbonyl (C=O) groups excluding carboxylic acids is 1. The number of aromatic nitrogens is 1. The molecule has 0 atom stereocenters. The second kappa shape index (κ2) is 8.08. The monoisotopic (exact) mass is 440 g/mol. The Kier molecular flexibility index (Phi) is 5.98. The first-order valence-electron chi connectivity index (χ1n) is 10.4. The van der Waals surface area contributed by atoms with E-state index in [1.807, 2.05) is 12.1 Å². The average Bonchev–Trinajstić information content (AvgIpc) is 2.67. The van der Waals surface area contributed by atoms with Crippen molar-refractivity contribution >= 4 is 32.5 Å². The van der Waals surface area contributed by atoms with Crippen LogP contribution in [0.3, 0.4) is 0 Å². The second-order valence-electron chi connectivity index (χ2n) is 9.60. The van der Waals surface area contributed by atoms with Crippen LogP contribution in [0.2, 0.25) is 0 Å². The number of rotatable bonds is 4. The molecule has 0 aliphatic heterocycles. The van der Waals surface area contributed by atoms with E-state index in [4.69, 9.17) is 0 Å². The summed E-state index contributed by atoms with van der Waals surface area (Å²) in [6.07, 6.45) is 5.81. The van der Waals surface area contributed by atoms with Crippen molar-refractivity contribution in [1.82, 2.24) is 4.98 Å². The third-order valence-electron chi connectivity index (χ3n) is 5.93. The van der Waals surface area contributed by atoms with Crippen LogP contribution in [0.4, 0.5) is 5.69 Å². The number of fused-ring (bicyclic) bond motifs is 1. The van der Waals surface area contributed by atoms with Crippen LogP contribution >= 0.6 is 10.0 Å². The maximum absolute atomic E-state index is 13.1. The molecule has 1 amide bonds. The zero-order valence-electron chi connectivity index (χ0n) is 19.3. The van der Waals surface area contributed by atoms with E-state index in [0.717, 1.165) is 10.5 Å². The summed E-state index contributed by atoms with van der Waals surface area (Å²) < 4.78 is 0. The van der Waals surface area contributed by atoms with Crippen molar-refractivity contribution in [2.45, 2.75) is 50.2 Å². The molecule has 0 saturated carbocycles. The Morgan fingerprint density at radius 2 is 1.77 bits per heavy atom. The maximum atomic E-state index is 13.1. The summed E-state index contributed by atoms with van der Waals surface area (Å²) in [5.74, 6) is -0.329. The summed E-state index contributed by atoms with van der Waals surface area (Å²) in [5.41, 5.74) is 1.57. The number of H-pyrrole nitrogens is 1. The highest BCUT2D eigenvalue weighted by Crippen LogP contribution is 2.58. The van der Waals surface area contributed by atoms with Gasteiger partial charge in [0.25, 0.3) is 5.91 Å². The predicted molar refractivity (Wildman–Crippen MR) is 132 cm³/mol. The Morgan fingerprint density at radius 3 is 2.39 bits per heavy atom. The zero-order valence-corrected chi connectivity index (χ0v) is 20.1. The number of hydrogen-bond acceptors (Lipinski definition) is 3. The standard InChI is InChI=1S/C25H32N2O3S/c1-15(2)31(6,7)22-12-18(25(3,4)5)20(13-21(22)28)27-24(30)17-14-26-19-11-9-8-10-16(19)23(17)29/h8-15,28H,1-7H3,(H,26,29)(H,27,30). The molecule has 3 aromatic rings. The van der Waals surface area contributed by atoms with Crippen molar-refractivity contribution in [3.63, 3.8) is 0 Å². The summed E-state index contributed by atoms with van der Waals surface area (Å²) in [7, 11) is -1.24. The number of aromatic hydroxyl groups is 1. The van der Waals surface area contributed by atoms with Gasteiger partial charge in [0.05, 0.1) is 0 Å². The van der Waals surface area contributed by atoms with Crippen LogP contribution in [0.25, 0.3) is 10.9 Å². The van der Waals surface area contributed by atoms with Gasteiger partial charge in [-0.25, -0.2) is 10.0 Å². The maximum Gasteiger partial charge on any atom is 0.261 e. The molecule has 3 rings (SSSR count). The molecule has 0 radical (unpaired) electrons. The van der Waals surface area contributed by atoms with Crippen molar-refractivity contribution in [2.24, 2.45) is 0 Å². The molecule has 6 heteroatoms. The van der Waals surface area contributed by atoms with Crippen molar-refractivity contribution in [3.8, 4) is 5.75 Å². The minimum atomic E-state index is -1.24. The fraction of sp³-hybridized carbons (Fsp3) is 0.360. The number of aromatic amines is 1. The van der Waals surface area contributed by atoms with Crippen molar-refractivity contribution in [2.75, 3.05) is 17.8 Å². The number of carbonyl (C=O) groups is 1. The van der Waals surface area contributed by atoms with E-state index in [0.29, 0.717) is 21.8 Å². The third kappa shape index (κ3) is 4.35. The molecule has 0 fully saturated rings. The van der Waals surface area contributed by atoms with Gasteiger partial charge in [-0.1, -0.05) is 46.8 Å². The number of amides is 1. The predicted octanol–water partition coefficient (Wildman–Crippen LogP) is 5.62. The van der Waals surface area contributed by atoms with Gasteiger partial charge in [-0.3, -0.25) is 9.59 Å². The molecule has 166 valence electrons. The van der Waals surface area contributed by atoms with Gasteiger partial charge in [-0.15, -0.1) is 0 Å². The van der Waals surface area contributed by atoms with Crippen LogP contribution in [0.5, 0.6) is 5.75 Å². The Bertz CT molecular complexity index is 1200. The zero-order chi connectivity index (χ0) is 23.1. The molecule has 2 aromatic carbocycles. The first kappa shape index (κ1) is 22.9. The fourth-order valence-electron chi connectivity index (χ4n) is 3.49. The number of hydrogen-bond donors (Lipinski definition) is 3. The van der Waals surface area contributed by atoms with Gasteiger partial charge in [-0.2, -0.15) is 0 Å². The fourth-order valence-corrected chi connectivity index (χ4v) is 5.02. The number of nitrogens with one attached hydrogen (secondary N) is 2. The Hall–Kier alpha value is -2.73. The summed E-state index contributed by atoms with van der Waals surface area (Å²) >= 11 is 0. The highest BCUT2D eigenvalue weighted by atomic mass is 32.3. The van der Waals surface area contributed by atoms with Crippen LogP contribution in [0.15, 0.2) is 52.3 Å². The van der Waals surface area contributed by atoms with Gasteiger partial charge in [0.15, 0.2) is 0 Å². The summed E-state index contributed by atoms with van der Waals surface area (Å²) in [6, 6.07) is 10.7. The lowest BCUT2D eigenvalue weighted by molar-refractivity contribution is 0.102. The van der Waals surface area contributed by atoms with Crippen LogP contribution in [0.1, 0.15) is 50.5 Å². The number of phenolic OH excluding ortho intramolecular Hbond substituents is 1. The van der Waals surface area contributed by atoms with Gasteiger partial charge in [0.2, 0.25) is 5.43 Å². The van der Waals surface area contributed by atoms with E-state index in [2.05, 4.69) is 57.4 Å². The second-order valence-corrected chi connectivity index (χ2v) is 13.8. The van der Waals surface area contributed by atoms with E-state index >= 15 is 0 Å². The van der Waals surface area contributed by atoms with Crippen LogP contribution < -0.4 is 10.7 Å². The highest BCUT2D eigenvalue weighted by Gasteiger charge is 2.28. The van der Waals surface area contributed by atoms with E-state index < -0.39 is 15.9 Å². The lowest BCUT2D eigenvalue weighted by atomic mass is 9.85. The first-order chi connectivity index (χ1) is 14.3. The van der Waals surface area contributed by atoms with E-state index in [-0.39, 0.29) is 22.2 Å². The molecule has 0 bridgehead atoms. The van der Waals surface area contributed by atoms with Crippen LogP contribution in [0, 0.1) is 0 Å². The molecular formula is C25H32N2O3S. The molecule has 5 nitrogen and oxygen atoms in total. The normalized spacial score (nSPS) is 12.9. The Labute approximate surface area is 185 Å². The SMILES string of the molecule is CC(C)S(C)(C)c1cc(C(C)(C)C)c(NC(=O)c2c[nH]c3ccccc3c2=O)cc1O. The smallest absolute Gasteiger partial charge is 0.261 e. The molecule has 31 heavy (non-hydrogen) atoms. The van der Waals surface area contributed by atoms with Gasteiger partial charge in [-0.05, 0) is 46.9 Å².